The second-order valence-electron chi connectivity index (χ2n) is 7.11. The molecule has 0 bridgehead atoms. The number of H-pyrrole nitrogens is 1. The number of nitrogens with zero attached hydrogens (tertiary/aromatic N) is 3. The van der Waals surface area contributed by atoms with Gasteiger partial charge < -0.3 is 19.3 Å². The van der Waals surface area contributed by atoms with Gasteiger partial charge in [-0.05, 0) is 44.7 Å². The third kappa shape index (κ3) is 5.26. The van der Waals surface area contributed by atoms with Crippen molar-refractivity contribution in [3.63, 3.8) is 0 Å². The SMILES string of the molecule is COCCN1CCC(CN(CC2CCCO2)C(=O)c2cn[nH]c2)CC1. The Morgan fingerprint density at radius 2 is 2.24 bits per heavy atom. The predicted octanol–water partition coefficient (Wildman–Crippen LogP) is 1.39. The molecule has 3 rings (SSSR count). The van der Waals surface area contributed by atoms with E-state index in [9.17, 15) is 4.79 Å². The van der Waals surface area contributed by atoms with Crippen molar-refractivity contribution in [3.8, 4) is 0 Å². The van der Waals surface area contributed by atoms with Crippen molar-refractivity contribution < 1.29 is 14.3 Å². The van der Waals surface area contributed by atoms with Crippen LogP contribution in [0.15, 0.2) is 12.4 Å². The summed E-state index contributed by atoms with van der Waals surface area (Å²) in [5.41, 5.74) is 0.635. The van der Waals surface area contributed by atoms with Crippen molar-refractivity contribution in [2.75, 3.05) is 53.0 Å². The largest absolute Gasteiger partial charge is 0.383 e. The molecule has 140 valence electrons. The molecule has 0 aromatic carbocycles. The zero-order chi connectivity index (χ0) is 17.5. The van der Waals surface area contributed by atoms with E-state index in [1.54, 1.807) is 19.5 Å². The maximum atomic E-state index is 12.9. The maximum absolute atomic E-state index is 12.9. The van der Waals surface area contributed by atoms with Crippen molar-refractivity contribution >= 4 is 5.91 Å². The number of carbonyl (C=O) groups is 1. The summed E-state index contributed by atoms with van der Waals surface area (Å²) in [5.74, 6) is 0.613. The van der Waals surface area contributed by atoms with Crippen LogP contribution in [0, 0.1) is 5.92 Å². The fourth-order valence-corrected chi connectivity index (χ4v) is 3.75. The van der Waals surface area contributed by atoms with Gasteiger partial charge in [-0.2, -0.15) is 5.10 Å². The number of likely N-dealkylation sites (tertiary alicyclic amines) is 1. The fourth-order valence-electron chi connectivity index (χ4n) is 3.75. The Labute approximate surface area is 149 Å². The average molecular weight is 350 g/mol. The first kappa shape index (κ1) is 18.4. The minimum absolute atomic E-state index is 0.0612. The van der Waals surface area contributed by atoms with E-state index in [2.05, 4.69) is 15.1 Å². The fraction of sp³-hybridized carbons (Fsp3) is 0.778. The Balaban J connectivity index is 1.55. The average Bonchev–Trinajstić information content (AvgIpc) is 3.34. The lowest BCUT2D eigenvalue weighted by atomic mass is 9.95. The highest BCUT2D eigenvalue weighted by atomic mass is 16.5. The Hall–Kier alpha value is -1.44. The van der Waals surface area contributed by atoms with Crippen LogP contribution in [0.2, 0.25) is 0 Å². The molecule has 1 aromatic heterocycles. The van der Waals surface area contributed by atoms with Crippen LogP contribution >= 0.6 is 0 Å². The lowest BCUT2D eigenvalue weighted by molar-refractivity contribution is 0.0437. The third-order valence-corrected chi connectivity index (χ3v) is 5.28. The smallest absolute Gasteiger partial charge is 0.257 e. The highest BCUT2D eigenvalue weighted by Crippen LogP contribution is 2.21. The summed E-state index contributed by atoms with van der Waals surface area (Å²) in [6, 6.07) is 0. The van der Waals surface area contributed by atoms with E-state index in [0.29, 0.717) is 18.0 Å². The minimum Gasteiger partial charge on any atom is -0.383 e. The molecule has 2 aliphatic heterocycles. The molecule has 1 aromatic rings. The molecule has 2 saturated heterocycles. The highest BCUT2D eigenvalue weighted by molar-refractivity contribution is 5.93. The molecule has 0 saturated carbocycles. The topological polar surface area (TPSA) is 70.7 Å². The molecule has 3 heterocycles. The number of carbonyl (C=O) groups excluding carboxylic acids is 1. The first-order valence-corrected chi connectivity index (χ1v) is 9.37. The third-order valence-electron chi connectivity index (χ3n) is 5.28. The highest BCUT2D eigenvalue weighted by Gasteiger charge is 2.28. The van der Waals surface area contributed by atoms with Crippen LogP contribution in [-0.4, -0.2) is 85.1 Å². The van der Waals surface area contributed by atoms with Gasteiger partial charge in [-0.25, -0.2) is 0 Å². The molecule has 2 aliphatic rings. The second-order valence-corrected chi connectivity index (χ2v) is 7.11. The van der Waals surface area contributed by atoms with Crippen LogP contribution in [0.4, 0.5) is 0 Å². The van der Waals surface area contributed by atoms with Crippen molar-refractivity contribution in [2.24, 2.45) is 5.92 Å². The molecule has 0 aliphatic carbocycles. The number of rotatable bonds is 8. The molecule has 1 unspecified atom stereocenters. The molecular weight excluding hydrogens is 320 g/mol. The van der Waals surface area contributed by atoms with Gasteiger partial charge in [0.1, 0.15) is 0 Å². The van der Waals surface area contributed by atoms with Crippen LogP contribution in [0.3, 0.4) is 0 Å². The van der Waals surface area contributed by atoms with E-state index in [0.717, 1.165) is 65.1 Å². The second kappa shape index (κ2) is 9.31. The Morgan fingerprint density at radius 3 is 2.88 bits per heavy atom. The van der Waals surface area contributed by atoms with Crippen LogP contribution in [0.25, 0.3) is 0 Å². The molecular formula is C18H30N4O3. The summed E-state index contributed by atoms with van der Waals surface area (Å²) in [6.45, 7) is 6.27. The van der Waals surface area contributed by atoms with E-state index < -0.39 is 0 Å². The molecule has 25 heavy (non-hydrogen) atoms. The number of hydrogen-bond donors (Lipinski definition) is 1. The molecule has 1 atom stereocenters. The summed E-state index contributed by atoms with van der Waals surface area (Å²) >= 11 is 0. The van der Waals surface area contributed by atoms with E-state index in [1.165, 1.54) is 0 Å². The van der Waals surface area contributed by atoms with Crippen molar-refractivity contribution in [3.05, 3.63) is 18.0 Å². The molecule has 0 spiro atoms. The van der Waals surface area contributed by atoms with Gasteiger partial charge in [-0.1, -0.05) is 0 Å². The number of amides is 1. The van der Waals surface area contributed by atoms with Gasteiger partial charge in [0.15, 0.2) is 0 Å². The number of nitrogens with one attached hydrogen (secondary N) is 1. The van der Waals surface area contributed by atoms with Crippen LogP contribution in [0.1, 0.15) is 36.0 Å². The standard InChI is InChI=1S/C18H30N4O3/c1-24-10-8-21-6-4-15(5-7-21)13-22(14-17-3-2-9-25-17)18(23)16-11-19-20-12-16/h11-12,15,17H,2-10,13-14H2,1H3,(H,19,20). The van der Waals surface area contributed by atoms with Gasteiger partial charge in [0.25, 0.3) is 5.91 Å². The number of aromatic amines is 1. The number of aromatic nitrogens is 2. The molecule has 0 radical (unpaired) electrons. The zero-order valence-corrected chi connectivity index (χ0v) is 15.2. The number of piperidine rings is 1. The Morgan fingerprint density at radius 1 is 1.40 bits per heavy atom. The van der Waals surface area contributed by atoms with Crippen molar-refractivity contribution in [1.82, 2.24) is 20.0 Å². The van der Waals surface area contributed by atoms with Crippen LogP contribution < -0.4 is 0 Å². The quantitative estimate of drug-likeness (QED) is 0.767. The predicted molar refractivity (Wildman–Crippen MR) is 94.5 cm³/mol. The maximum Gasteiger partial charge on any atom is 0.257 e. The normalized spacial score (nSPS) is 22.4. The summed E-state index contributed by atoms with van der Waals surface area (Å²) < 4.78 is 10.9. The summed E-state index contributed by atoms with van der Waals surface area (Å²) in [7, 11) is 1.75. The Bertz CT molecular complexity index is 508. The molecule has 2 fully saturated rings. The van der Waals surface area contributed by atoms with E-state index >= 15 is 0 Å². The van der Waals surface area contributed by atoms with Gasteiger partial charge in [-0.3, -0.25) is 9.89 Å². The number of methoxy groups -OCH3 is 1. The summed E-state index contributed by atoms with van der Waals surface area (Å²) in [6.07, 6.45) is 7.86. The minimum atomic E-state index is 0.0612. The monoisotopic (exact) mass is 350 g/mol. The van der Waals surface area contributed by atoms with Crippen LogP contribution in [-0.2, 0) is 9.47 Å². The molecule has 7 nitrogen and oxygen atoms in total. The van der Waals surface area contributed by atoms with Gasteiger partial charge in [0.2, 0.25) is 0 Å². The van der Waals surface area contributed by atoms with E-state index in [4.69, 9.17) is 9.47 Å². The lowest BCUT2D eigenvalue weighted by Crippen LogP contribution is -2.44. The van der Waals surface area contributed by atoms with E-state index in [1.807, 2.05) is 4.90 Å². The molecule has 1 amide bonds. The van der Waals surface area contributed by atoms with Crippen molar-refractivity contribution in [2.45, 2.75) is 31.8 Å². The lowest BCUT2D eigenvalue weighted by Gasteiger charge is -2.35. The van der Waals surface area contributed by atoms with Crippen LogP contribution in [0.5, 0.6) is 0 Å². The van der Waals surface area contributed by atoms with E-state index in [-0.39, 0.29) is 12.0 Å². The molecule has 1 N–H and O–H groups in total. The first-order chi connectivity index (χ1) is 12.3. The Kier molecular flexibility index (Phi) is 6.84. The van der Waals surface area contributed by atoms with Gasteiger partial charge in [-0.15, -0.1) is 0 Å². The van der Waals surface area contributed by atoms with Gasteiger partial charge in [0.05, 0.1) is 24.5 Å². The van der Waals surface area contributed by atoms with Gasteiger partial charge >= 0.3 is 0 Å². The van der Waals surface area contributed by atoms with Gasteiger partial charge in [0, 0.05) is 39.5 Å². The first-order valence-electron chi connectivity index (χ1n) is 9.37. The number of hydrogen-bond acceptors (Lipinski definition) is 5. The molecule has 7 heteroatoms. The summed E-state index contributed by atoms with van der Waals surface area (Å²) in [5, 5.41) is 6.66. The zero-order valence-electron chi connectivity index (χ0n) is 15.2. The van der Waals surface area contributed by atoms with Crippen molar-refractivity contribution in [1.29, 1.82) is 0 Å². The summed E-state index contributed by atoms with van der Waals surface area (Å²) in [4.78, 5) is 17.3. The number of ether oxygens (including phenoxy) is 2.